The molecule has 1 aromatic rings. The number of hydrogen-bond donors (Lipinski definition) is 3. The largest absolute Gasteiger partial charge is 0.544 e. The van der Waals surface area contributed by atoms with E-state index in [2.05, 4.69) is 5.32 Å². The molecule has 1 atom stereocenters. The fourth-order valence-corrected chi connectivity index (χ4v) is 1.93. The van der Waals surface area contributed by atoms with Gasteiger partial charge in [0.1, 0.15) is 6.04 Å². The number of hydrogen-bond acceptors (Lipinski definition) is 5. The number of amides is 1. The fraction of sp³-hybridized carbons (Fsp3) is 0.429. The molecular formula is C14H19ClN2O5. The predicted octanol–water partition coefficient (Wildman–Crippen LogP) is -1.64. The third-order valence-electron chi connectivity index (χ3n) is 2.81. The summed E-state index contributed by atoms with van der Waals surface area (Å²) in [5, 5.41) is 24.0. The minimum absolute atomic E-state index is 0.0931. The van der Waals surface area contributed by atoms with Gasteiger partial charge in [-0.05, 0) is 12.1 Å². The van der Waals surface area contributed by atoms with Crippen LogP contribution in [0.5, 0.6) is 0 Å². The predicted molar refractivity (Wildman–Crippen MR) is 78.2 cm³/mol. The van der Waals surface area contributed by atoms with Gasteiger partial charge in [-0.15, -0.1) is 0 Å². The second-order valence-corrected chi connectivity index (χ2v) is 4.93. The van der Waals surface area contributed by atoms with Crippen molar-refractivity contribution < 1.29 is 29.9 Å². The number of aliphatic carboxylic acids is 1. The third kappa shape index (κ3) is 6.86. The SMILES string of the molecule is O=C(C[C@H]([NH2+]CCOCCO)C(=O)[O-])Nc1ccccc1Cl. The van der Waals surface area contributed by atoms with Crippen molar-refractivity contribution in [2.75, 3.05) is 31.7 Å². The maximum atomic E-state index is 11.9. The molecular weight excluding hydrogens is 312 g/mol. The Labute approximate surface area is 133 Å². The monoisotopic (exact) mass is 330 g/mol. The molecule has 122 valence electrons. The molecule has 1 amide bonds. The van der Waals surface area contributed by atoms with Crippen LogP contribution in [0.4, 0.5) is 5.69 Å². The van der Waals surface area contributed by atoms with Crippen molar-refractivity contribution in [1.29, 1.82) is 0 Å². The van der Waals surface area contributed by atoms with E-state index in [9.17, 15) is 14.7 Å². The number of carbonyl (C=O) groups excluding carboxylic acids is 2. The number of quaternary nitrogens is 1. The Morgan fingerprint density at radius 1 is 1.36 bits per heavy atom. The Hall–Kier alpha value is -1.67. The standard InChI is InChI=1S/C14H19ClN2O5/c15-10-3-1-2-4-11(10)17-13(19)9-12(14(20)21)16-5-7-22-8-6-18/h1-4,12,16,18H,5-9H2,(H,17,19)(H,20,21)/t12-/m0/s1. The molecule has 0 fully saturated rings. The number of nitrogens with one attached hydrogen (secondary N) is 1. The van der Waals surface area contributed by atoms with Crippen molar-refractivity contribution in [3.05, 3.63) is 29.3 Å². The molecule has 0 radical (unpaired) electrons. The third-order valence-corrected chi connectivity index (χ3v) is 3.13. The van der Waals surface area contributed by atoms with Gasteiger partial charge in [0.2, 0.25) is 5.91 Å². The summed E-state index contributed by atoms with van der Waals surface area (Å²) in [7, 11) is 0. The van der Waals surface area contributed by atoms with Gasteiger partial charge in [0.05, 0.1) is 49.5 Å². The van der Waals surface area contributed by atoms with Crippen LogP contribution >= 0.6 is 11.6 Å². The highest BCUT2D eigenvalue weighted by molar-refractivity contribution is 6.33. The molecule has 0 heterocycles. The maximum absolute atomic E-state index is 11.9. The Morgan fingerprint density at radius 3 is 2.73 bits per heavy atom. The number of nitrogens with two attached hydrogens (primary N) is 1. The maximum Gasteiger partial charge on any atom is 0.230 e. The molecule has 0 bridgehead atoms. The van der Waals surface area contributed by atoms with E-state index in [1.165, 1.54) is 5.32 Å². The first kappa shape index (κ1) is 18.4. The average Bonchev–Trinajstić information content (AvgIpc) is 2.48. The zero-order chi connectivity index (χ0) is 16.4. The van der Waals surface area contributed by atoms with Crippen molar-refractivity contribution in [3.63, 3.8) is 0 Å². The smallest absolute Gasteiger partial charge is 0.230 e. The Morgan fingerprint density at radius 2 is 2.09 bits per heavy atom. The van der Waals surface area contributed by atoms with E-state index in [4.69, 9.17) is 21.4 Å². The number of rotatable bonds is 10. The Bertz CT molecular complexity index is 498. The van der Waals surface area contributed by atoms with E-state index in [0.29, 0.717) is 17.3 Å². The van der Waals surface area contributed by atoms with Gasteiger partial charge in [-0.25, -0.2) is 0 Å². The lowest BCUT2D eigenvalue weighted by molar-refractivity contribution is -0.683. The van der Waals surface area contributed by atoms with Gasteiger partial charge < -0.3 is 30.4 Å². The van der Waals surface area contributed by atoms with Crippen LogP contribution in [0.3, 0.4) is 0 Å². The van der Waals surface area contributed by atoms with Crippen LogP contribution in [-0.4, -0.2) is 49.4 Å². The molecule has 0 spiro atoms. The molecule has 4 N–H and O–H groups in total. The van der Waals surface area contributed by atoms with Crippen LogP contribution in [0.1, 0.15) is 6.42 Å². The van der Waals surface area contributed by atoms with E-state index in [0.717, 1.165) is 0 Å². The lowest BCUT2D eigenvalue weighted by atomic mass is 10.2. The molecule has 0 saturated carbocycles. The minimum atomic E-state index is -1.32. The molecule has 7 nitrogen and oxygen atoms in total. The van der Waals surface area contributed by atoms with Crippen LogP contribution in [0.2, 0.25) is 5.02 Å². The van der Waals surface area contributed by atoms with Gasteiger partial charge in [0.15, 0.2) is 0 Å². The molecule has 0 aliphatic carbocycles. The average molecular weight is 331 g/mol. The van der Waals surface area contributed by atoms with Crippen molar-refractivity contribution >= 4 is 29.2 Å². The lowest BCUT2D eigenvalue weighted by Gasteiger charge is -2.16. The Balaban J connectivity index is 2.44. The van der Waals surface area contributed by atoms with Crippen molar-refractivity contribution in [3.8, 4) is 0 Å². The van der Waals surface area contributed by atoms with Gasteiger partial charge in [-0.2, -0.15) is 0 Å². The fourth-order valence-electron chi connectivity index (χ4n) is 1.75. The van der Waals surface area contributed by atoms with Gasteiger partial charge in [0.25, 0.3) is 0 Å². The number of aliphatic hydroxyl groups is 1. The van der Waals surface area contributed by atoms with Crippen molar-refractivity contribution in [1.82, 2.24) is 0 Å². The van der Waals surface area contributed by atoms with E-state index < -0.39 is 17.9 Å². The normalized spacial score (nSPS) is 11.9. The van der Waals surface area contributed by atoms with E-state index >= 15 is 0 Å². The molecule has 0 aromatic heterocycles. The second kappa shape index (κ2) is 10.1. The molecule has 0 saturated heterocycles. The zero-order valence-electron chi connectivity index (χ0n) is 12.0. The topological polar surface area (TPSA) is 115 Å². The summed E-state index contributed by atoms with van der Waals surface area (Å²) >= 11 is 5.91. The summed E-state index contributed by atoms with van der Waals surface area (Å²) in [4.78, 5) is 22.9. The van der Waals surface area contributed by atoms with Crippen molar-refractivity contribution in [2.24, 2.45) is 0 Å². The number of ether oxygens (including phenoxy) is 1. The molecule has 0 unspecified atom stereocenters. The van der Waals surface area contributed by atoms with Crippen molar-refractivity contribution in [2.45, 2.75) is 12.5 Å². The van der Waals surface area contributed by atoms with Gasteiger partial charge in [-0.3, -0.25) is 4.79 Å². The second-order valence-electron chi connectivity index (χ2n) is 4.52. The van der Waals surface area contributed by atoms with Crippen LogP contribution in [-0.2, 0) is 14.3 Å². The van der Waals surface area contributed by atoms with Crippen LogP contribution in [0.25, 0.3) is 0 Å². The molecule has 1 rings (SSSR count). The van der Waals surface area contributed by atoms with Crippen LogP contribution in [0.15, 0.2) is 24.3 Å². The number of para-hydroxylation sites is 1. The van der Waals surface area contributed by atoms with Crippen LogP contribution in [0, 0.1) is 0 Å². The number of benzene rings is 1. The summed E-state index contributed by atoms with van der Waals surface area (Å²) in [5.74, 6) is -1.79. The summed E-state index contributed by atoms with van der Waals surface area (Å²) in [6.07, 6.45) is -0.243. The van der Waals surface area contributed by atoms with E-state index in [-0.39, 0.29) is 26.2 Å². The summed E-state index contributed by atoms with van der Waals surface area (Å²) in [6.45, 7) is 0.718. The van der Waals surface area contributed by atoms with E-state index in [1.54, 1.807) is 24.3 Å². The number of carboxylic acid groups (broad SMARTS) is 1. The van der Waals surface area contributed by atoms with Gasteiger partial charge >= 0.3 is 0 Å². The molecule has 1 aromatic carbocycles. The molecule has 0 aliphatic heterocycles. The quantitative estimate of drug-likeness (QED) is 0.445. The minimum Gasteiger partial charge on any atom is -0.544 e. The number of halogens is 1. The lowest BCUT2D eigenvalue weighted by Crippen LogP contribution is -2.94. The summed E-state index contributed by atoms with van der Waals surface area (Å²) in [5.41, 5.74) is 0.428. The first-order valence-electron chi connectivity index (χ1n) is 6.81. The zero-order valence-corrected chi connectivity index (χ0v) is 12.7. The highest BCUT2D eigenvalue weighted by atomic mass is 35.5. The first-order valence-corrected chi connectivity index (χ1v) is 7.19. The first-order chi connectivity index (χ1) is 10.5. The number of aliphatic hydroxyl groups excluding tert-OH is 1. The summed E-state index contributed by atoms with van der Waals surface area (Å²) < 4.78 is 5.02. The van der Waals surface area contributed by atoms with Gasteiger partial charge in [-0.1, -0.05) is 23.7 Å². The highest BCUT2D eigenvalue weighted by Crippen LogP contribution is 2.20. The molecule has 22 heavy (non-hydrogen) atoms. The number of carbonyl (C=O) groups is 2. The van der Waals surface area contributed by atoms with Crippen LogP contribution < -0.4 is 15.7 Å². The number of carboxylic acids is 1. The Kier molecular flexibility index (Phi) is 8.46. The summed E-state index contributed by atoms with van der Waals surface area (Å²) in [6, 6.07) is 5.67. The molecule has 8 heteroatoms. The number of anilines is 1. The molecule has 0 aliphatic rings. The van der Waals surface area contributed by atoms with E-state index in [1.807, 2.05) is 0 Å². The van der Waals surface area contributed by atoms with Gasteiger partial charge in [0, 0.05) is 0 Å². The highest BCUT2D eigenvalue weighted by Gasteiger charge is 2.18.